The lowest BCUT2D eigenvalue weighted by Gasteiger charge is -2.14. The first-order valence-electron chi connectivity index (χ1n) is 4.06. The molecule has 1 heteroatoms. The van der Waals surface area contributed by atoms with Gasteiger partial charge >= 0.3 is 0 Å². The normalized spacial score (nSPS) is 38.0. The smallest absolute Gasteiger partial charge is 0.0238 e. The van der Waals surface area contributed by atoms with E-state index in [1.54, 1.807) is 0 Å². The van der Waals surface area contributed by atoms with Crippen molar-refractivity contribution < 1.29 is 0 Å². The minimum atomic E-state index is 0.910. The van der Waals surface area contributed by atoms with Gasteiger partial charge < -0.3 is 0 Å². The van der Waals surface area contributed by atoms with Crippen LogP contribution in [0, 0.1) is 5.92 Å². The Morgan fingerprint density at radius 3 is 2.56 bits per heavy atom. The van der Waals surface area contributed by atoms with E-state index in [9.17, 15) is 0 Å². The molecule has 0 aromatic carbocycles. The third kappa shape index (κ3) is 2.26. The topological polar surface area (TPSA) is 0 Å². The summed E-state index contributed by atoms with van der Waals surface area (Å²) < 4.78 is 0. The molecule has 1 aliphatic carbocycles. The largest absolute Gasteiger partial charge is 0.134 e. The maximum Gasteiger partial charge on any atom is -0.0238 e. The number of hydrogen-bond acceptors (Lipinski definition) is 0. The fraction of sp³-hybridized carbons (Fsp3) is 1.00. The predicted octanol–water partition coefficient (Wildman–Crippen LogP) is 2.83. The van der Waals surface area contributed by atoms with Crippen LogP contribution in [-0.2, 0) is 0 Å². The standard InChI is InChI=1S/C8H17P/c1-7-5-3-2-4-6-8(7)9/h7-8H,2-6,9H2,1H3/t7?,8-/m0/s1. The Bertz CT molecular complexity index is 70.6. The maximum absolute atomic E-state index is 2.98. The summed E-state index contributed by atoms with van der Waals surface area (Å²) in [5.74, 6) is 0.956. The molecule has 0 aromatic rings. The molecule has 54 valence electrons. The van der Waals surface area contributed by atoms with Gasteiger partial charge in [0.15, 0.2) is 0 Å². The first kappa shape index (κ1) is 7.54. The predicted molar refractivity (Wildman–Crippen MR) is 45.7 cm³/mol. The molecule has 1 fully saturated rings. The quantitative estimate of drug-likeness (QED) is 0.362. The Balaban J connectivity index is 2.32. The fourth-order valence-corrected chi connectivity index (χ4v) is 1.95. The molecule has 0 heterocycles. The van der Waals surface area contributed by atoms with E-state index in [-0.39, 0.29) is 0 Å². The van der Waals surface area contributed by atoms with Gasteiger partial charge in [0.2, 0.25) is 0 Å². The van der Waals surface area contributed by atoms with Crippen molar-refractivity contribution in [1.29, 1.82) is 0 Å². The van der Waals surface area contributed by atoms with Gasteiger partial charge in [0.05, 0.1) is 0 Å². The molecule has 9 heavy (non-hydrogen) atoms. The van der Waals surface area contributed by atoms with Gasteiger partial charge in [-0.3, -0.25) is 0 Å². The Hall–Kier alpha value is 0.430. The molecule has 0 aromatic heterocycles. The van der Waals surface area contributed by atoms with Crippen molar-refractivity contribution in [3.05, 3.63) is 0 Å². The molecule has 0 radical (unpaired) electrons. The van der Waals surface area contributed by atoms with Gasteiger partial charge in [-0.05, 0) is 18.0 Å². The van der Waals surface area contributed by atoms with E-state index in [4.69, 9.17) is 0 Å². The van der Waals surface area contributed by atoms with Crippen molar-refractivity contribution in [2.75, 3.05) is 0 Å². The Morgan fingerprint density at radius 2 is 1.78 bits per heavy atom. The molecule has 2 unspecified atom stereocenters. The average Bonchev–Trinajstić information content (AvgIpc) is 1.99. The van der Waals surface area contributed by atoms with Crippen LogP contribution in [0.3, 0.4) is 0 Å². The van der Waals surface area contributed by atoms with Crippen LogP contribution in [0.2, 0.25) is 0 Å². The van der Waals surface area contributed by atoms with Crippen molar-refractivity contribution in [2.24, 2.45) is 5.92 Å². The zero-order chi connectivity index (χ0) is 6.69. The highest BCUT2D eigenvalue weighted by atomic mass is 31.0. The summed E-state index contributed by atoms with van der Waals surface area (Å²) in [4.78, 5) is 0. The Kier molecular flexibility index (Phi) is 2.98. The van der Waals surface area contributed by atoms with E-state index < -0.39 is 0 Å². The molecule has 1 rings (SSSR count). The monoisotopic (exact) mass is 144 g/mol. The number of rotatable bonds is 0. The van der Waals surface area contributed by atoms with E-state index >= 15 is 0 Å². The van der Waals surface area contributed by atoms with Crippen LogP contribution < -0.4 is 0 Å². The molecule has 0 amide bonds. The van der Waals surface area contributed by atoms with Gasteiger partial charge in [0.1, 0.15) is 0 Å². The van der Waals surface area contributed by atoms with E-state index in [2.05, 4.69) is 16.2 Å². The van der Waals surface area contributed by atoms with Crippen LogP contribution in [-0.4, -0.2) is 5.66 Å². The van der Waals surface area contributed by atoms with E-state index in [1.165, 1.54) is 32.1 Å². The zero-order valence-electron chi connectivity index (χ0n) is 6.27. The molecular weight excluding hydrogens is 127 g/mol. The summed E-state index contributed by atoms with van der Waals surface area (Å²) in [5, 5.41) is 0. The third-order valence-electron chi connectivity index (χ3n) is 2.43. The molecule has 0 aliphatic heterocycles. The molecular formula is C8H17P. The van der Waals surface area contributed by atoms with Crippen molar-refractivity contribution in [3.8, 4) is 0 Å². The summed E-state index contributed by atoms with van der Waals surface area (Å²) in [6.07, 6.45) is 7.28. The van der Waals surface area contributed by atoms with Gasteiger partial charge in [-0.15, -0.1) is 9.24 Å². The highest BCUT2D eigenvalue weighted by molar-refractivity contribution is 7.17. The van der Waals surface area contributed by atoms with Gasteiger partial charge in [0.25, 0.3) is 0 Å². The second-order valence-corrected chi connectivity index (χ2v) is 4.14. The second kappa shape index (κ2) is 3.56. The third-order valence-corrected chi connectivity index (χ3v) is 3.42. The van der Waals surface area contributed by atoms with Crippen LogP contribution in [0.4, 0.5) is 0 Å². The minimum Gasteiger partial charge on any atom is -0.134 e. The van der Waals surface area contributed by atoms with Crippen molar-refractivity contribution in [3.63, 3.8) is 0 Å². The van der Waals surface area contributed by atoms with E-state index in [0.29, 0.717) is 0 Å². The van der Waals surface area contributed by atoms with Crippen molar-refractivity contribution >= 4 is 9.24 Å². The number of hydrogen-bond donors (Lipinski definition) is 0. The van der Waals surface area contributed by atoms with Crippen LogP contribution >= 0.6 is 9.24 Å². The van der Waals surface area contributed by atoms with Crippen LogP contribution in [0.1, 0.15) is 39.0 Å². The highest BCUT2D eigenvalue weighted by Crippen LogP contribution is 2.27. The van der Waals surface area contributed by atoms with E-state index in [0.717, 1.165) is 11.6 Å². The van der Waals surface area contributed by atoms with Gasteiger partial charge in [0, 0.05) is 0 Å². The average molecular weight is 144 g/mol. The van der Waals surface area contributed by atoms with Gasteiger partial charge in [-0.1, -0.05) is 32.6 Å². The lowest BCUT2D eigenvalue weighted by atomic mass is 10.0. The Morgan fingerprint density at radius 1 is 1.11 bits per heavy atom. The van der Waals surface area contributed by atoms with Crippen LogP contribution in [0.15, 0.2) is 0 Å². The summed E-state index contributed by atoms with van der Waals surface area (Å²) >= 11 is 0. The minimum absolute atomic E-state index is 0.910. The summed E-state index contributed by atoms with van der Waals surface area (Å²) in [7, 11) is 2.98. The molecule has 0 saturated heterocycles. The van der Waals surface area contributed by atoms with Gasteiger partial charge in [-0.25, -0.2) is 0 Å². The van der Waals surface area contributed by atoms with Crippen molar-refractivity contribution in [1.82, 2.24) is 0 Å². The zero-order valence-corrected chi connectivity index (χ0v) is 7.42. The summed E-state index contributed by atoms with van der Waals surface area (Å²) in [6.45, 7) is 2.38. The van der Waals surface area contributed by atoms with Crippen LogP contribution in [0.5, 0.6) is 0 Å². The maximum atomic E-state index is 2.98. The lowest BCUT2D eigenvalue weighted by Crippen LogP contribution is -2.07. The first-order valence-corrected chi connectivity index (χ1v) is 4.73. The molecule has 0 spiro atoms. The molecule has 0 nitrogen and oxygen atoms in total. The molecule has 1 saturated carbocycles. The fourth-order valence-electron chi connectivity index (χ4n) is 1.52. The molecule has 0 N–H and O–H groups in total. The Labute approximate surface area is 60.6 Å². The molecule has 3 atom stereocenters. The summed E-state index contributed by atoms with van der Waals surface area (Å²) in [6, 6.07) is 0. The first-order chi connectivity index (χ1) is 4.30. The van der Waals surface area contributed by atoms with Gasteiger partial charge in [-0.2, -0.15) is 0 Å². The van der Waals surface area contributed by atoms with Crippen molar-refractivity contribution in [2.45, 2.75) is 44.7 Å². The SMILES string of the molecule is CC1CCCCC[C@@H]1P. The molecule has 0 bridgehead atoms. The lowest BCUT2D eigenvalue weighted by molar-refractivity contribution is 0.518. The highest BCUT2D eigenvalue weighted by Gasteiger charge is 2.14. The van der Waals surface area contributed by atoms with Crippen LogP contribution in [0.25, 0.3) is 0 Å². The van der Waals surface area contributed by atoms with E-state index in [1.807, 2.05) is 0 Å². The second-order valence-electron chi connectivity index (χ2n) is 3.28. The molecule has 1 aliphatic rings. The summed E-state index contributed by atoms with van der Waals surface area (Å²) in [5.41, 5.74) is 0.910.